The number of nitrogens with zero attached hydrogens (tertiary/aromatic N) is 3. The number of hydrogen-bond donors (Lipinski definition) is 1. The summed E-state index contributed by atoms with van der Waals surface area (Å²) in [6, 6.07) is 7.72. The molecule has 0 unspecified atom stereocenters. The second-order valence-electron chi connectivity index (χ2n) is 4.77. The molecule has 0 spiro atoms. The topological polar surface area (TPSA) is 69.9 Å². The predicted molar refractivity (Wildman–Crippen MR) is 78.0 cm³/mol. The summed E-state index contributed by atoms with van der Waals surface area (Å²) in [5, 5.41) is 4.52. The molecule has 3 heterocycles. The number of aromatic nitrogens is 3. The number of aryl methyl sites for hydroxylation is 3. The van der Waals surface area contributed by atoms with Crippen molar-refractivity contribution in [2.45, 2.75) is 13.8 Å². The smallest absolute Gasteiger partial charge is 0.131 e. The Kier molecular flexibility index (Phi) is 2.82. The van der Waals surface area contributed by atoms with E-state index in [9.17, 15) is 0 Å². The lowest BCUT2D eigenvalue weighted by Crippen LogP contribution is -1.98. The highest BCUT2D eigenvalue weighted by Crippen LogP contribution is 2.37. The second kappa shape index (κ2) is 4.52. The molecule has 0 fully saturated rings. The normalized spacial score (nSPS) is 10.9. The van der Waals surface area contributed by atoms with Gasteiger partial charge in [-0.3, -0.25) is 9.67 Å². The van der Waals surface area contributed by atoms with Crippen molar-refractivity contribution in [2.24, 2.45) is 7.05 Å². The van der Waals surface area contributed by atoms with E-state index < -0.39 is 0 Å². The number of nitrogen functional groups attached to an aromatic ring is 1. The van der Waals surface area contributed by atoms with Gasteiger partial charge in [0.15, 0.2) is 0 Å². The van der Waals surface area contributed by atoms with Gasteiger partial charge < -0.3 is 10.2 Å². The van der Waals surface area contributed by atoms with Crippen LogP contribution in [0.5, 0.6) is 0 Å². The molecule has 5 nitrogen and oxygen atoms in total. The monoisotopic (exact) mass is 268 g/mol. The van der Waals surface area contributed by atoms with Gasteiger partial charge in [-0.05, 0) is 32.0 Å². The predicted octanol–water partition coefficient (Wildman–Crippen LogP) is 2.94. The molecule has 0 amide bonds. The summed E-state index contributed by atoms with van der Waals surface area (Å²) >= 11 is 0. The van der Waals surface area contributed by atoms with Gasteiger partial charge >= 0.3 is 0 Å². The number of anilines is 1. The van der Waals surface area contributed by atoms with E-state index in [0.29, 0.717) is 5.82 Å². The largest absolute Gasteiger partial charge is 0.466 e. The second-order valence-corrected chi connectivity index (χ2v) is 4.77. The maximum Gasteiger partial charge on any atom is 0.131 e. The van der Waals surface area contributed by atoms with E-state index in [1.807, 2.05) is 45.2 Å². The van der Waals surface area contributed by atoms with E-state index in [1.165, 1.54) is 0 Å². The highest BCUT2D eigenvalue weighted by atomic mass is 16.3. The average Bonchev–Trinajstić information content (AvgIpc) is 2.91. The van der Waals surface area contributed by atoms with E-state index in [4.69, 9.17) is 10.2 Å². The fourth-order valence-electron chi connectivity index (χ4n) is 2.35. The number of furan rings is 1. The Labute approximate surface area is 117 Å². The number of pyridine rings is 1. The minimum atomic E-state index is 0.594. The SMILES string of the molecule is Cc1cc(-c2nn(C)c(N)c2-c2ccccn2)c(C)o1. The Hall–Kier alpha value is -2.56. The Morgan fingerprint density at radius 1 is 1.25 bits per heavy atom. The fraction of sp³-hybridized carbons (Fsp3) is 0.200. The molecule has 0 aromatic carbocycles. The molecule has 0 saturated carbocycles. The van der Waals surface area contributed by atoms with Gasteiger partial charge in [0.05, 0.1) is 11.3 Å². The van der Waals surface area contributed by atoms with Crippen LogP contribution in [-0.2, 0) is 7.05 Å². The van der Waals surface area contributed by atoms with Crippen LogP contribution in [0.15, 0.2) is 34.9 Å². The molecule has 102 valence electrons. The Bertz CT molecular complexity index is 756. The summed E-state index contributed by atoms with van der Waals surface area (Å²) in [6.45, 7) is 3.85. The van der Waals surface area contributed by atoms with Gasteiger partial charge in [0.25, 0.3) is 0 Å². The quantitative estimate of drug-likeness (QED) is 0.775. The lowest BCUT2D eigenvalue weighted by molar-refractivity contribution is 0.505. The van der Waals surface area contributed by atoms with Crippen molar-refractivity contribution in [1.29, 1.82) is 0 Å². The number of hydrogen-bond acceptors (Lipinski definition) is 4. The molecule has 0 aliphatic rings. The van der Waals surface area contributed by atoms with Crippen LogP contribution in [0.4, 0.5) is 5.82 Å². The third-order valence-corrected chi connectivity index (χ3v) is 3.31. The van der Waals surface area contributed by atoms with Crippen molar-refractivity contribution < 1.29 is 4.42 Å². The van der Waals surface area contributed by atoms with Crippen molar-refractivity contribution in [3.05, 3.63) is 42.0 Å². The van der Waals surface area contributed by atoms with E-state index >= 15 is 0 Å². The first-order valence-electron chi connectivity index (χ1n) is 6.39. The first-order chi connectivity index (χ1) is 9.58. The zero-order valence-corrected chi connectivity index (χ0v) is 11.7. The molecule has 0 aliphatic heterocycles. The average molecular weight is 268 g/mol. The van der Waals surface area contributed by atoms with Crippen LogP contribution < -0.4 is 5.73 Å². The summed E-state index contributed by atoms with van der Waals surface area (Å²) < 4.78 is 7.27. The molecule has 0 atom stereocenters. The molecule has 0 bridgehead atoms. The van der Waals surface area contributed by atoms with Crippen LogP contribution in [0.25, 0.3) is 22.5 Å². The summed E-state index contributed by atoms with van der Waals surface area (Å²) in [5.74, 6) is 2.28. The van der Waals surface area contributed by atoms with E-state index in [-0.39, 0.29) is 0 Å². The van der Waals surface area contributed by atoms with Crippen LogP contribution in [0, 0.1) is 13.8 Å². The number of rotatable bonds is 2. The van der Waals surface area contributed by atoms with E-state index in [2.05, 4.69) is 10.1 Å². The third kappa shape index (κ3) is 1.87. The van der Waals surface area contributed by atoms with E-state index in [0.717, 1.165) is 34.0 Å². The Morgan fingerprint density at radius 2 is 2.05 bits per heavy atom. The zero-order chi connectivity index (χ0) is 14.3. The Balaban J connectivity index is 2.28. The molecule has 3 aromatic heterocycles. The summed E-state index contributed by atoms with van der Waals surface area (Å²) in [4.78, 5) is 4.38. The van der Waals surface area contributed by atoms with Crippen molar-refractivity contribution in [2.75, 3.05) is 5.73 Å². The molecule has 0 aliphatic carbocycles. The lowest BCUT2D eigenvalue weighted by atomic mass is 10.1. The van der Waals surface area contributed by atoms with Crippen molar-refractivity contribution in [3.63, 3.8) is 0 Å². The van der Waals surface area contributed by atoms with Gasteiger partial charge in [-0.1, -0.05) is 6.07 Å². The zero-order valence-electron chi connectivity index (χ0n) is 11.7. The first-order valence-corrected chi connectivity index (χ1v) is 6.39. The van der Waals surface area contributed by atoms with Gasteiger partial charge in [0, 0.05) is 18.8 Å². The van der Waals surface area contributed by atoms with Crippen LogP contribution >= 0.6 is 0 Å². The molecular weight excluding hydrogens is 252 g/mol. The van der Waals surface area contributed by atoms with Crippen LogP contribution in [0.2, 0.25) is 0 Å². The van der Waals surface area contributed by atoms with Crippen LogP contribution in [-0.4, -0.2) is 14.8 Å². The van der Waals surface area contributed by atoms with Gasteiger partial charge in [-0.25, -0.2) is 0 Å². The summed E-state index contributed by atoms with van der Waals surface area (Å²) in [5.41, 5.74) is 9.57. The number of nitrogens with two attached hydrogens (primary N) is 1. The highest BCUT2D eigenvalue weighted by Gasteiger charge is 2.21. The van der Waals surface area contributed by atoms with Crippen LogP contribution in [0.1, 0.15) is 11.5 Å². The van der Waals surface area contributed by atoms with Gasteiger partial charge in [0.2, 0.25) is 0 Å². The maximum atomic E-state index is 6.16. The molecule has 0 radical (unpaired) electrons. The molecule has 20 heavy (non-hydrogen) atoms. The summed E-state index contributed by atoms with van der Waals surface area (Å²) in [7, 11) is 1.83. The third-order valence-electron chi connectivity index (χ3n) is 3.31. The van der Waals surface area contributed by atoms with Gasteiger partial charge in [-0.15, -0.1) is 0 Å². The minimum Gasteiger partial charge on any atom is -0.466 e. The van der Waals surface area contributed by atoms with Crippen molar-refractivity contribution in [1.82, 2.24) is 14.8 Å². The minimum absolute atomic E-state index is 0.594. The van der Waals surface area contributed by atoms with Crippen molar-refractivity contribution >= 4 is 5.82 Å². The molecule has 5 heteroatoms. The highest BCUT2D eigenvalue weighted by molar-refractivity contribution is 5.87. The fourth-order valence-corrected chi connectivity index (χ4v) is 2.35. The molecule has 3 aromatic rings. The Morgan fingerprint density at radius 3 is 2.65 bits per heavy atom. The molecule has 3 rings (SSSR count). The van der Waals surface area contributed by atoms with Gasteiger partial charge in [-0.2, -0.15) is 5.10 Å². The standard InChI is InChI=1S/C15H16N4O/c1-9-8-11(10(2)20-9)14-13(15(16)19(3)18-14)12-6-4-5-7-17-12/h4-8H,16H2,1-3H3. The molecule has 2 N–H and O–H groups in total. The summed E-state index contributed by atoms with van der Waals surface area (Å²) in [6.07, 6.45) is 1.75. The molecule has 0 saturated heterocycles. The van der Waals surface area contributed by atoms with E-state index in [1.54, 1.807) is 10.9 Å². The lowest BCUT2D eigenvalue weighted by Gasteiger charge is -2.02. The first kappa shape index (κ1) is 12.5. The molecular formula is C15H16N4O. The van der Waals surface area contributed by atoms with Gasteiger partial charge in [0.1, 0.15) is 23.0 Å². The van der Waals surface area contributed by atoms with Crippen LogP contribution in [0.3, 0.4) is 0 Å². The maximum absolute atomic E-state index is 6.16. The van der Waals surface area contributed by atoms with Crippen molar-refractivity contribution in [3.8, 4) is 22.5 Å².